The number of anilines is 1. The predicted molar refractivity (Wildman–Crippen MR) is 99.0 cm³/mol. The number of carbonyl (C=O) groups excluding carboxylic acids is 1. The van der Waals surface area contributed by atoms with Crippen LogP contribution in [0.25, 0.3) is 0 Å². The molecule has 2 saturated heterocycles. The number of hydrogen-bond donors (Lipinski definition) is 2. The van der Waals surface area contributed by atoms with E-state index in [1.54, 1.807) is 6.07 Å². The van der Waals surface area contributed by atoms with Crippen LogP contribution in [0.1, 0.15) is 52.0 Å². The fraction of sp³-hybridized carbons (Fsp3) is 0.650. The molecule has 1 amide bonds. The fourth-order valence-electron chi connectivity index (χ4n) is 3.84. The molecular formula is C20H30N2O3. The molecule has 1 atom stereocenters. The molecule has 5 nitrogen and oxygen atoms in total. The Morgan fingerprint density at radius 1 is 1.24 bits per heavy atom. The minimum absolute atomic E-state index is 0.0113. The van der Waals surface area contributed by atoms with E-state index in [9.17, 15) is 9.90 Å². The van der Waals surface area contributed by atoms with Gasteiger partial charge in [0, 0.05) is 19.3 Å². The molecule has 2 N–H and O–H groups in total. The molecule has 25 heavy (non-hydrogen) atoms. The van der Waals surface area contributed by atoms with E-state index in [0.29, 0.717) is 11.7 Å². The molecule has 5 heteroatoms. The van der Waals surface area contributed by atoms with Crippen molar-refractivity contribution in [3.8, 4) is 5.75 Å². The smallest absolute Gasteiger partial charge is 0.241 e. The summed E-state index contributed by atoms with van der Waals surface area (Å²) in [5.74, 6) is 0.124. The van der Waals surface area contributed by atoms with Gasteiger partial charge in [-0.25, -0.2) is 0 Å². The number of likely N-dealkylation sites (tertiary alicyclic amines) is 1. The van der Waals surface area contributed by atoms with E-state index >= 15 is 0 Å². The average Bonchev–Trinajstić information content (AvgIpc) is 3.06. The quantitative estimate of drug-likeness (QED) is 0.825. The van der Waals surface area contributed by atoms with Crippen LogP contribution < -0.4 is 5.32 Å². The minimum atomic E-state index is -0.107. The molecule has 0 aromatic heterocycles. The van der Waals surface area contributed by atoms with Crippen molar-refractivity contribution in [2.75, 3.05) is 25.1 Å². The fourth-order valence-corrected chi connectivity index (χ4v) is 3.84. The predicted octanol–water partition coefficient (Wildman–Crippen LogP) is 3.27. The minimum Gasteiger partial charge on any atom is -0.506 e. The van der Waals surface area contributed by atoms with Gasteiger partial charge in [0.1, 0.15) is 5.75 Å². The summed E-state index contributed by atoms with van der Waals surface area (Å²) in [6.07, 6.45) is 3.92. The highest BCUT2D eigenvalue weighted by Crippen LogP contribution is 2.32. The molecule has 2 aliphatic rings. The highest BCUT2D eigenvalue weighted by Gasteiger charge is 2.36. The molecule has 2 fully saturated rings. The van der Waals surface area contributed by atoms with Crippen molar-refractivity contribution in [3.63, 3.8) is 0 Å². The van der Waals surface area contributed by atoms with Crippen LogP contribution in [0.15, 0.2) is 18.2 Å². The van der Waals surface area contributed by atoms with E-state index in [1.807, 2.05) is 12.1 Å². The summed E-state index contributed by atoms with van der Waals surface area (Å²) in [5, 5.41) is 13.3. The molecule has 1 unspecified atom stereocenters. The first kappa shape index (κ1) is 18.2. The second-order valence-corrected chi connectivity index (χ2v) is 8.21. The standard InChI is InChI=1S/C20H30N2O3/c1-20(2,3)14-6-7-16(18(23)13-14)21-19(24)17-5-4-10-22(17)15-8-11-25-12-9-15/h6-7,13,15,17,23H,4-5,8-12H2,1-3H3,(H,21,24). The number of hydrogen-bond acceptors (Lipinski definition) is 4. The maximum atomic E-state index is 12.8. The largest absolute Gasteiger partial charge is 0.506 e. The third-order valence-corrected chi connectivity index (χ3v) is 5.38. The maximum Gasteiger partial charge on any atom is 0.241 e. The van der Waals surface area contributed by atoms with Crippen LogP contribution in [0, 0.1) is 0 Å². The Morgan fingerprint density at radius 2 is 1.96 bits per heavy atom. The average molecular weight is 346 g/mol. The Kier molecular flexibility index (Phi) is 5.35. The molecule has 0 spiro atoms. The van der Waals surface area contributed by atoms with Gasteiger partial charge in [-0.15, -0.1) is 0 Å². The summed E-state index contributed by atoms with van der Waals surface area (Å²) < 4.78 is 5.44. The summed E-state index contributed by atoms with van der Waals surface area (Å²) in [7, 11) is 0. The second kappa shape index (κ2) is 7.34. The van der Waals surface area contributed by atoms with Gasteiger partial charge in [-0.2, -0.15) is 0 Å². The van der Waals surface area contributed by atoms with Crippen LogP contribution in [-0.4, -0.2) is 47.8 Å². The zero-order valence-corrected chi connectivity index (χ0v) is 15.5. The summed E-state index contributed by atoms with van der Waals surface area (Å²) in [6, 6.07) is 5.86. The molecule has 1 aromatic carbocycles. The van der Waals surface area contributed by atoms with Gasteiger partial charge < -0.3 is 15.2 Å². The summed E-state index contributed by atoms with van der Waals surface area (Å²) in [5.41, 5.74) is 1.51. The number of ether oxygens (including phenoxy) is 1. The van der Waals surface area contributed by atoms with E-state index in [1.165, 1.54) is 0 Å². The number of phenols is 1. The number of nitrogens with one attached hydrogen (secondary N) is 1. The summed E-state index contributed by atoms with van der Waals surface area (Å²) in [6.45, 7) is 8.84. The van der Waals surface area contributed by atoms with Gasteiger partial charge in [0.25, 0.3) is 0 Å². The van der Waals surface area contributed by atoms with Crippen molar-refractivity contribution in [2.45, 2.75) is 64.0 Å². The van der Waals surface area contributed by atoms with Gasteiger partial charge in [0.2, 0.25) is 5.91 Å². The van der Waals surface area contributed by atoms with Gasteiger partial charge in [0.05, 0.1) is 11.7 Å². The monoisotopic (exact) mass is 346 g/mol. The SMILES string of the molecule is CC(C)(C)c1ccc(NC(=O)C2CCCN2C2CCOCC2)c(O)c1. The Balaban J connectivity index is 1.69. The van der Waals surface area contributed by atoms with Crippen LogP contribution in [0.3, 0.4) is 0 Å². The van der Waals surface area contributed by atoms with E-state index < -0.39 is 0 Å². The van der Waals surface area contributed by atoms with Gasteiger partial charge in [-0.05, 0) is 55.3 Å². The second-order valence-electron chi connectivity index (χ2n) is 8.21. The molecule has 0 bridgehead atoms. The summed E-state index contributed by atoms with van der Waals surface area (Å²) >= 11 is 0. The number of aromatic hydroxyl groups is 1. The van der Waals surface area contributed by atoms with Crippen LogP contribution in [-0.2, 0) is 14.9 Å². The molecule has 0 saturated carbocycles. The first-order valence-electron chi connectivity index (χ1n) is 9.34. The Labute approximate surface area is 150 Å². The lowest BCUT2D eigenvalue weighted by molar-refractivity contribution is -0.121. The zero-order chi connectivity index (χ0) is 18.0. The lowest BCUT2D eigenvalue weighted by Gasteiger charge is -2.34. The van der Waals surface area contributed by atoms with Crippen molar-refractivity contribution in [1.29, 1.82) is 0 Å². The Hall–Kier alpha value is -1.59. The maximum absolute atomic E-state index is 12.8. The Morgan fingerprint density at radius 3 is 2.60 bits per heavy atom. The van der Waals surface area contributed by atoms with Gasteiger partial charge in [0.15, 0.2) is 0 Å². The van der Waals surface area contributed by atoms with Gasteiger partial charge in [-0.1, -0.05) is 26.8 Å². The highest BCUT2D eigenvalue weighted by atomic mass is 16.5. The van der Waals surface area contributed by atoms with Crippen molar-refractivity contribution >= 4 is 11.6 Å². The van der Waals surface area contributed by atoms with Crippen molar-refractivity contribution in [2.24, 2.45) is 0 Å². The molecular weight excluding hydrogens is 316 g/mol. The lowest BCUT2D eigenvalue weighted by atomic mass is 9.87. The number of rotatable bonds is 3. The molecule has 138 valence electrons. The number of amides is 1. The molecule has 0 radical (unpaired) electrons. The van der Waals surface area contributed by atoms with Crippen molar-refractivity contribution in [1.82, 2.24) is 4.90 Å². The van der Waals surface area contributed by atoms with Crippen molar-refractivity contribution < 1.29 is 14.6 Å². The van der Waals surface area contributed by atoms with Gasteiger partial charge in [-0.3, -0.25) is 9.69 Å². The van der Waals surface area contributed by atoms with Crippen LogP contribution >= 0.6 is 0 Å². The molecule has 3 rings (SSSR count). The molecule has 1 aromatic rings. The lowest BCUT2D eigenvalue weighted by Crippen LogP contribution is -2.47. The number of carbonyl (C=O) groups is 1. The van der Waals surface area contributed by atoms with Crippen LogP contribution in [0.4, 0.5) is 5.69 Å². The van der Waals surface area contributed by atoms with E-state index in [2.05, 4.69) is 31.0 Å². The normalized spacial score (nSPS) is 22.9. The highest BCUT2D eigenvalue weighted by molar-refractivity contribution is 5.96. The topological polar surface area (TPSA) is 61.8 Å². The van der Waals surface area contributed by atoms with Gasteiger partial charge >= 0.3 is 0 Å². The number of nitrogens with zero attached hydrogens (tertiary/aromatic N) is 1. The number of phenolic OH excluding ortho intramolecular Hbond substituents is 1. The zero-order valence-electron chi connectivity index (χ0n) is 15.5. The third-order valence-electron chi connectivity index (χ3n) is 5.38. The van der Waals surface area contributed by atoms with E-state index in [-0.39, 0.29) is 23.1 Å². The number of benzene rings is 1. The Bertz CT molecular complexity index is 618. The first-order valence-corrected chi connectivity index (χ1v) is 9.34. The summed E-state index contributed by atoms with van der Waals surface area (Å²) in [4.78, 5) is 15.1. The van der Waals surface area contributed by atoms with E-state index in [0.717, 1.165) is 51.0 Å². The van der Waals surface area contributed by atoms with Crippen LogP contribution in [0.5, 0.6) is 5.75 Å². The van der Waals surface area contributed by atoms with Crippen LogP contribution in [0.2, 0.25) is 0 Å². The van der Waals surface area contributed by atoms with E-state index in [4.69, 9.17) is 4.74 Å². The third kappa shape index (κ3) is 4.15. The first-order chi connectivity index (χ1) is 11.9. The van der Waals surface area contributed by atoms with Crippen molar-refractivity contribution in [3.05, 3.63) is 23.8 Å². The molecule has 2 heterocycles. The molecule has 2 aliphatic heterocycles. The molecule has 0 aliphatic carbocycles.